The van der Waals surface area contributed by atoms with Crippen LogP contribution in [-0.4, -0.2) is 81.5 Å². The number of piperidine rings is 2. The Labute approximate surface area is 264 Å². The van der Waals surface area contributed by atoms with Crippen LogP contribution in [-0.2, 0) is 15.1 Å². The molecule has 2 heterocycles. The summed E-state index contributed by atoms with van der Waals surface area (Å²) in [7, 11) is 4.86. The van der Waals surface area contributed by atoms with Gasteiger partial charge in [-0.05, 0) is 74.3 Å². The highest BCUT2D eigenvalue weighted by molar-refractivity contribution is 6.34. The van der Waals surface area contributed by atoms with Gasteiger partial charge in [0.1, 0.15) is 5.75 Å². The van der Waals surface area contributed by atoms with Gasteiger partial charge in [-0.3, -0.25) is 9.59 Å². The Morgan fingerprint density at radius 3 is 2.23 bits per heavy atom. The van der Waals surface area contributed by atoms with Gasteiger partial charge in [0.2, 0.25) is 5.60 Å². The first-order valence-electron chi connectivity index (χ1n) is 15.2. The van der Waals surface area contributed by atoms with E-state index in [-0.39, 0.29) is 18.1 Å². The lowest BCUT2D eigenvalue weighted by Gasteiger charge is -2.43. The largest absolute Gasteiger partial charge is 0.497 e. The normalized spacial score (nSPS) is 18.1. The summed E-state index contributed by atoms with van der Waals surface area (Å²) in [5.74, 6) is -3.01. The van der Waals surface area contributed by atoms with Crippen LogP contribution in [0.2, 0.25) is 5.02 Å². The van der Waals surface area contributed by atoms with Gasteiger partial charge in [0, 0.05) is 58.4 Å². The first kappa shape index (κ1) is 33.7. The number of benzene rings is 2. The summed E-state index contributed by atoms with van der Waals surface area (Å²) in [6, 6.07) is 11.8. The first-order valence-corrected chi connectivity index (χ1v) is 15.6. The van der Waals surface area contributed by atoms with E-state index >= 15 is 8.78 Å². The van der Waals surface area contributed by atoms with Crippen LogP contribution < -0.4 is 9.64 Å². The molecule has 7 nitrogen and oxygen atoms in total. The monoisotopic (exact) mass is 631 g/mol. The van der Waals surface area contributed by atoms with Gasteiger partial charge in [-0.1, -0.05) is 29.8 Å². The molecule has 2 fully saturated rings. The zero-order valence-corrected chi connectivity index (χ0v) is 26.9. The minimum absolute atomic E-state index is 0.0605. The highest BCUT2D eigenvalue weighted by Gasteiger charge is 2.60. The smallest absolute Gasteiger partial charge is 0.287 e. The summed E-state index contributed by atoms with van der Waals surface area (Å²) in [5, 5.41) is 0.454. The van der Waals surface area contributed by atoms with E-state index < -0.39 is 17.4 Å². The van der Waals surface area contributed by atoms with Crippen LogP contribution in [0.5, 0.6) is 5.75 Å². The Balaban J connectivity index is 1.36. The molecule has 44 heavy (non-hydrogen) atoms. The number of carbonyl (C=O) groups is 2. The van der Waals surface area contributed by atoms with E-state index in [9.17, 15) is 9.59 Å². The topological polar surface area (TPSA) is 62.3 Å². The molecule has 2 amide bonds. The van der Waals surface area contributed by atoms with Gasteiger partial charge < -0.3 is 24.2 Å². The Hall–Kier alpha value is -3.17. The third kappa shape index (κ3) is 7.20. The van der Waals surface area contributed by atoms with Crippen molar-refractivity contribution in [2.45, 2.75) is 50.6 Å². The fourth-order valence-corrected chi connectivity index (χ4v) is 6.73. The number of halogens is 3. The summed E-state index contributed by atoms with van der Waals surface area (Å²) in [6.07, 6.45) is 6.00. The molecule has 2 aliphatic heterocycles. The minimum atomic E-state index is -3.50. The molecule has 240 valence electrons. The second kappa shape index (κ2) is 14.3. The highest BCUT2D eigenvalue weighted by atomic mass is 35.5. The van der Waals surface area contributed by atoms with Gasteiger partial charge in [-0.15, -0.1) is 6.58 Å². The standard InChI is InChI=1S/C34H44ClF2N3O4/c1-6-20-44-34(33(2,36)37,26-8-7-9-28(22-26)43-5)32(42)40-18-14-25(15-19-40)21-24-12-16-39(17-13-24)27-10-11-29(30(35)23-27)31(41)38(3)4/h6-11,22-25H,1,12-21H2,2-5H3/t34-/m1/s1. The maximum Gasteiger partial charge on any atom is 0.287 e. The Morgan fingerprint density at radius 1 is 1.05 bits per heavy atom. The maximum atomic E-state index is 15.5. The quantitative estimate of drug-likeness (QED) is 0.260. The lowest BCUT2D eigenvalue weighted by atomic mass is 9.81. The van der Waals surface area contributed by atoms with E-state index in [0.717, 1.165) is 57.8 Å². The van der Waals surface area contributed by atoms with E-state index in [4.69, 9.17) is 21.1 Å². The molecule has 2 saturated heterocycles. The summed E-state index contributed by atoms with van der Waals surface area (Å²) in [6.45, 7) is 6.74. The van der Waals surface area contributed by atoms with E-state index in [1.807, 2.05) is 12.1 Å². The number of likely N-dealkylation sites (tertiary alicyclic amines) is 1. The molecular weight excluding hydrogens is 588 g/mol. The van der Waals surface area contributed by atoms with Crippen molar-refractivity contribution in [3.63, 3.8) is 0 Å². The molecule has 0 radical (unpaired) electrons. The number of anilines is 1. The van der Waals surface area contributed by atoms with Gasteiger partial charge in [0.25, 0.3) is 17.7 Å². The Kier molecular flexibility index (Phi) is 10.9. The number of carbonyl (C=O) groups excluding carboxylic acids is 2. The molecule has 1 atom stereocenters. The molecular formula is C34H44ClF2N3O4. The van der Waals surface area contributed by atoms with Crippen molar-refractivity contribution in [2.24, 2.45) is 11.8 Å². The fraction of sp³-hybridized carbons (Fsp3) is 0.529. The molecule has 2 aromatic rings. The molecule has 2 aliphatic rings. The molecule has 0 N–H and O–H groups in total. The van der Waals surface area contributed by atoms with E-state index in [1.54, 1.807) is 32.3 Å². The zero-order chi connectivity index (χ0) is 32.1. The van der Waals surface area contributed by atoms with Gasteiger partial charge in [0.15, 0.2) is 0 Å². The fourth-order valence-electron chi connectivity index (χ4n) is 6.47. The number of alkyl halides is 2. The molecule has 0 unspecified atom stereocenters. The number of nitrogens with zero attached hydrogens (tertiary/aromatic N) is 3. The summed E-state index contributed by atoms with van der Waals surface area (Å²) >= 11 is 6.44. The number of ether oxygens (including phenoxy) is 2. The number of rotatable bonds is 11. The first-order chi connectivity index (χ1) is 20.9. The maximum absolute atomic E-state index is 15.5. The molecule has 0 aromatic heterocycles. The third-order valence-corrected chi connectivity index (χ3v) is 9.26. The number of amides is 2. The Bertz CT molecular complexity index is 1320. The summed E-state index contributed by atoms with van der Waals surface area (Å²) in [4.78, 5) is 31.6. The van der Waals surface area contributed by atoms with Gasteiger partial charge in [0.05, 0.1) is 24.3 Å². The second-order valence-electron chi connectivity index (χ2n) is 12.2. The molecule has 0 bridgehead atoms. The lowest BCUT2D eigenvalue weighted by Crippen LogP contribution is -2.59. The lowest BCUT2D eigenvalue weighted by molar-refractivity contribution is -0.214. The van der Waals surface area contributed by atoms with Crippen LogP contribution in [0, 0.1) is 11.8 Å². The average molecular weight is 632 g/mol. The zero-order valence-electron chi connectivity index (χ0n) is 26.2. The second-order valence-corrected chi connectivity index (χ2v) is 12.6. The van der Waals surface area contributed by atoms with Crippen molar-refractivity contribution in [2.75, 3.05) is 58.9 Å². The van der Waals surface area contributed by atoms with Gasteiger partial charge >= 0.3 is 0 Å². The van der Waals surface area contributed by atoms with Crippen molar-refractivity contribution in [1.29, 1.82) is 0 Å². The number of hydrogen-bond donors (Lipinski definition) is 0. The third-order valence-electron chi connectivity index (χ3n) is 8.95. The minimum Gasteiger partial charge on any atom is -0.497 e. The predicted octanol–water partition coefficient (Wildman–Crippen LogP) is 6.65. The average Bonchev–Trinajstić information content (AvgIpc) is 3.01. The van der Waals surface area contributed by atoms with Gasteiger partial charge in [-0.25, -0.2) is 8.78 Å². The molecule has 2 aromatic carbocycles. The summed E-state index contributed by atoms with van der Waals surface area (Å²) < 4.78 is 41.9. The molecule has 0 aliphatic carbocycles. The van der Waals surface area contributed by atoms with Crippen molar-refractivity contribution in [1.82, 2.24) is 9.80 Å². The molecule has 10 heteroatoms. The van der Waals surface area contributed by atoms with Crippen LogP contribution in [0.15, 0.2) is 55.1 Å². The van der Waals surface area contributed by atoms with Crippen molar-refractivity contribution >= 4 is 29.1 Å². The molecule has 0 spiro atoms. The predicted molar refractivity (Wildman–Crippen MR) is 170 cm³/mol. The van der Waals surface area contributed by atoms with Gasteiger partial charge in [-0.2, -0.15) is 0 Å². The van der Waals surface area contributed by atoms with Crippen molar-refractivity contribution < 1.29 is 27.8 Å². The van der Waals surface area contributed by atoms with Crippen molar-refractivity contribution in [3.8, 4) is 5.75 Å². The number of methoxy groups -OCH3 is 1. The van der Waals surface area contributed by atoms with Crippen LogP contribution in [0.25, 0.3) is 0 Å². The van der Waals surface area contributed by atoms with Crippen LogP contribution >= 0.6 is 11.6 Å². The van der Waals surface area contributed by atoms with E-state index in [2.05, 4.69) is 11.5 Å². The van der Waals surface area contributed by atoms with Crippen LogP contribution in [0.1, 0.15) is 54.9 Å². The van der Waals surface area contributed by atoms with Crippen LogP contribution in [0.3, 0.4) is 0 Å². The molecule has 0 saturated carbocycles. The van der Waals surface area contributed by atoms with Crippen molar-refractivity contribution in [3.05, 3.63) is 71.3 Å². The molecule has 4 rings (SSSR count). The SMILES string of the molecule is C=CCO[C@@](C(=O)N1CCC(CC2CCN(c3ccc(C(=O)N(C)C)c(Cl)c3)CC2)CC1)(c1cccc(OC)c1)C(C)(F)F. The van der Waals surface area contributed by atoms with Crippen LogP contribution in [0.4, 0.5) is 14.5 Å². The van der Waals surface area contributed by atoms with E-state index in [0.29, 0.717) is 41.3 Å². The number of hydrogen-bond acceptors (Lipinski definition) is 5. The van der Waals surface area contributed by atoms with E-state index in [1.165, 1.54) is 35.1 Å². The Morgan fingerprint density at radius 2 is 1.68 bits per heavy atom. The summed E-state index contributed by atoms with van der Waals surface area (Å²) in [5.41, 5.74) is -0.918. The highest BCUT2D eigenvalue weighted by Crippen LogP contribution is 2.44.